The van der Waals surface area contributed by atoms with Crippen LogP contribution in [0.25, 0.3) is 5.57 Å². The number of ether oxygens (including phenoxy) is 1. The van der Waals surface area contributed by atoms with Crippen LogP contribution in [-0.4, -0.2) is 62.1 Å². The largest absolute Gasteiger partial charge is 0.494 e. The van der Waals surface area contributed by atoms with E-state index in [-0.39, 0.29) is 5.91 Å². The molecule has 4 rings (SSSR count). The Balaban J connectivity index is 0.000000693. The van der Waals surface area contributed by atoms with E-state index in [0.717, 1.165) is 47.4 Å². The molecule has 0 atom stereocenters. The summed E-state index contributed by atoms with van der Waals surface area (Å²) in [4.78, 5) is 25.7. The topological polar surface area (TPSA) is 82.6 Å². The summed E-state index contributed by atoms with van der Waals surface area (Å²) in [6.45, 7) is 14.0. The molecule has 0 spiro atoms. The van der Waals surface area contributed by atoms with Crippen molar-refractivity contribution < 1.29 is 9.53 Å². The molecular formula is C37H52N6O2. The molecule has 0 unspecified atom stereocenters. The number of anilines is 4. The molecule has 8 nitrogen and oxygen atoms in total. The summed E-state index contributed by atoms with van der Waals surface area (Å²) in [6.07, 6.45) is 11.8. The molecule has 2 aromatic carbocycles. The lowest BCUT2D eigenvalue weighted by atomic mass is 9.69. The van der Waals surface area contributed by atoms with E-state index in [9.17, 15) is 4.79 Å². The molecule has 1 aliphatic carbocycles. The Morgan fingerprint density at radius 2 is 1.82 bits per heavy atom. The highest BCUT2D eigenvalue weighted by Crippen LogP contribution is 2.42. The smallest absolute Gasteiger partial charge is 0.247 e. The molecule has 0 saturated heterocycles. The molecule has 1 fully saturated rings. The van der Waals surface area contributed by atoms with E-state index in [2.05, 4.69) is 77.0 Å². The Morgan fingerprint density at radius 1 is 1.09 bits per heavy atom. The van der Waals surface area contributed by atoms with Gasteiger partial charge in [-0.25, -0.2) is 9.97 Å². The first-order chi connectivity index (χ1) is 21.6. The minimum atomic E-state index is -0.297. The Kier molecular flexibility index (Phi) is 13.2. The molecule has 0 aliphatic heterocycles. The number of methoxy groups -OCH3 is 1. The molecular weight excluding hydrogens is 560 g/mol. The first kappa shape index (κ1) is 35.3. The highest BCUT2D eigenvalue weighted by Gasteiger charge is 2.28. The lowest BCUT2D eigenvalue weighted by Crippen LogP contribution is -2.29. The molecule has 1 aliphatic rings. The van der Waals surface area contributed by atoms with Gasteiger partial charge in [-0.15, -0.1) is 0 Å². The van der Waals surface area contributed by atoms with E-state index in [4.69, 9.17) is 9.72 Å². The summed E-state index contributed by atoms with van der Waals surface area (Å²) in [5.41, 5.74) is 7.10. The highest BCUT2D eigenvalue weighted by atomic mass is 16.5. The number of allylic oxidation sites excluding steroid dienone is 1. The van der Waals surface area contributed by atoms with E-state index in [1.807, 2.05) is 52.3 Å². The molecule has 3 aromatic rings. The third-order valence-corrected chi connectivity index (χ3v) is 8.62. The van der Waals surface area contributed by atoms with Crippen LogP contribution in [-0.2, 0) is 11.2 Å². The number of amides is 1. The first-order valence-electron chi connectivity index (χ1n) is 15.9. The molecule has 0 bridgehead atoms. The molecule has 242 valence electrons. The summed E-state index contributed by atoms with van der Waals surface area (Å²) in [5, 5.41) is 6.21. The zero-order valence-electron chi connectivity index (χ0n) is 28.5. The molecule has 1 heterocycles. The molecule has 1 saturated carbocycles. The van der Waals surface area contributed by atoms with E-state index in [1.54, 1.807) is 13.3 Å². The Bertz CT molecular complexity index is 1460. The van der Waals surface area contributed by atoms with Crippen LogP contribution in [0.5, 0.6) is 5.75 Å². The second-order valence-corrected chi connectivity index (χ2v) is 12.1. The summed E-state index contributed by atoms with van der Waals surface area (Å²) >= 11 is 0. The van der Waals surface area contributed by atoms with Crippen LogP contribution in [0.2, 0.25) is 0 Å². The van der Waals surface area contributed by atoms with Crippen molar-refractivity contribution in [3.05, 3.63) is 84.2 Å². The molecule has 1 amide bonds. The minimum absolute atomic E-state index is 0.297. The van der Waals surface area contributed by atoms with Gasteiger partial charge in [-0.2, -0.15) is 0 Å². The van der Waals surface area contributed by atoms with Gasteiger partial charge in [-0.3, -0.25) is 4.79 Å². The van der Waals surface area contributed by atoms with Crippen molar-refractivity contribution in [1.29, 1.82) is 0 Å². The Hall–Kier alpha value is -4.17. The lowest BCUT2D eigenvalue weighted by molar-refractivity contribution is -0.111. The van der Waals surface area contributed by atoms with Gasteiger partial charge in [0.2, 0.25) is 11.9 Å². The van der Waals surface area contributed by atoms with Gasteiger partial charge in [0.15, 0.2) is 0 Å². The van der Waals surface area contributed by atoms with Crippen LogP contribution in [0.4, 0.5) is 23.0 Å². The predicted octanol–water partition coefficient (Wildman–Crippen LogP) is 7.95. The van der Waals surface area contributed by atoms with Crippen molar-refractivity contribution in [3.63, 3.8) is 0 Å². The second kappa shape index (κ2) is 16.8. The van der Waals surface area contributed by atoms with Gasteiger partial charge in [0, 0.05) is 38.0 Å². The number of carbonyl (C=O) groups is 1. The van der Waals surface area contributed by atoms with Gasteiger partial charge in [0.1, 0.15) is 5.75 Å². The predicted molar refractivity (Wildman–Crippen MR) is 190 cm³/mol. The summed E-state index contributed by atoms with van der Waals surface area (Å²) < 4.78 is 5.72. The van der Waals surface area contributed by atoms with E-state index >= 15 is 0 Å². The number of aromatic nitrogens is 2. The van der Waals surface area contributed by atoms with E-state index in [1.165, 1.54) is 37.3 Å². The maximum atomic E-state index is 12.2. The summed E-state index contributed by atoms with van der Waals surface area (Å²) in [6, 6.07) is 14.0. The first-order valence-corrected chi connectivity index (χ1v) is 15.9. The van der Waals surface area contributed by atoms with Crippen LogP contribution in [0.15, 0.2) is 67.4 Å². The van der Waals surface area contributed by atoms with Gasteiger partial charge < -0.3 is 25.2 Å². The van der Waals surface area contributed by atoms with E-state index < -0.39 is 0 Å². The molecule has 45 heavy (non-hydrogen) atoms. The fourth-order valence-electron chi connectivity index (χ4n) is 5.26. The monoisotopic (exact) mass is 612 g/mol. The van der Waals surface area contributed by atoms with Gasteiger partial charge in [0.25, 0.3) is 0 Å². The average Bonchev–Trinajstić information content (AvgIpc) is 3.03. The van der Waals surface area contributed by atoms with Crippen molar-refractivity contribution in [2.45, 2.75) is 59.8 Å². The zero-order chi connectivity index (χ0) is 33.0. The van der Waals surface area contributed by atoms with Crippen LogP contribution in [0, 0.1) is 5.41 Å². The summed E-state index contributed by atoms with van der Waals surface area (Å²) in [5.74, 6) is 0.725. The van der Waals surface area contributed by atoms with Crippen LogP contribution in [0.1, 0.15) is 70.2 Å². The number of rotatable bonds is 13. The van der Waals surface area contributed by atoms with Crippen molar-refractivity contribution >= 4 is 34.5 Å². The maximum Gasteiger partial charge on any atom is 0.247 e. The Labute approximate surface area is 270 Å². The lowest BCUT2D eigenvalue weighted by Gasteiger charge is -2.37. The number of nitrogens with one attached hydrogen (secondary N) is 2. The van der Waals surface area contributed by atoms with Crippen molar-refractivity contribution in [2.24, 2.45) is 5.41 Å². The number of benzene rings is 2. The highest BCUT2D eigenvalue weighted by molar-refractivity contribution is 6.02. The van der Waals surface area contributed by atoms with Gasteiger partial charge in [0.05, 0.1) is 29.9 Å². The number of hydrogen-bond acceptors (Lipinski definition) is 7. The van der Waals surface area contributed by atoms with Crippen molar-refractivity contribution in [2.75, 3.05) is 56.9 Å². The van der Waals surface area contributed by atoms with E-state index in [0.29, 0.717) is 23.1 Å². The van der Waals surface area contributed by atoms with Crippen LogP contribution >= 0.6 is 0 Å². The minimum Gasteiger partial charge on any atom is -0.494 e. The SMILES string of the molecule is C=CC(=O)Nc1cc(Nc2nccc(/C(=C/C)c3ccccc3CC)n2)c(OC)cc1N(C)CCN(C)C.CCC1(C)CCC1. The molecule has 8 heteroatoms. The van der Waals surface area contributed by atoms with Gasteiger partial charge in [-0.05, 0) is 75.0 Å². The maximum absolute atomic E-state index is 12.2. The number of nitrogens with zero attached hydrogens (tertiary/aromatic N) is 4. The van der Waals surface area contributed by atoms with Crippen LogP contribution < -0.4 is 20.3 Å². The Morgan fingerprint density at radius 3 is 2.38 bits per heavy atom. The third kappa shape index (κ3) is 9.66. The second-order valence-electron chi connectivity index (χ2n) is 12.1. The third-order valence-electron chi connectivity index (χ3n) is 8.62. The summed E-state index contributed by atoms with van der Waals surface area (Å²) in [7, 11) is 7.64. The van der Waals surface area contributed by atoms with Gasteiger partial charge >= 0.3 is 0 Å². The van der Waals surface area contributed by atoms with Crippen LogP contribution in [0.3, 0.4) is 0 Å². The molecule has 2 N–H and O–H groups in total. The number of carbonyl (C=O) groups excluding carboxylic acids is 1. The quantitative estimate of drug-likeness (QED) is 0.190. The molecule has 1 aromatic heterocycles. The standard InChI is InChI=1S/C30H38N6O2.C7H14/c1-8-21-13-11-12-14-23(21)22(9-2)24-15-16-31-30(33-24)34-26-19-25(32-29(37)10-3)27(20-28(26)38-7)36(6)18-17-35(4)5;1-3-7(2)5-4-6-7/h9-16,19-20H,3,8,17-18H2,1-2,4-7H3,(H,32,37)(H,31,33,34);3-6H2,1-2H3/b22-9+;. The number of aryl methyl sites for hydroxylation is 1. The normalized spacial score (nSPS) is 13.7. The van der Waals surface area contributed by atoms with Gasteiger partial charge in [-0.1, -0.05) is 70.5 Å². The fraction of sp³-hybridized carbons (Fsp3) is 0.432. The number of likely N-dealkylation sites (N-methyl/N-ethyl adjacent to an activating group) is 2. The average molecular weight is 613 g/mol. The molecule has 0 radical (unpaired) electrons. The fourth-order valence-corrected chi connectivity index (χ4v) is 5.26. The zero-order valence-corrected chi connectivity index (χ0v) is 28.5. The number of hydrogen-bond donors (Lipinski definition) is 2. The van der Waals surface area contributed by atoms with Crippen molar-refractivity contribution in [1.82, 2.24) is 14.9 Å². The van der Waals surface area contributed by atoms with Crippen molar-refractivity contribution in [3.8, 4) is 5.75 Å².